The Balaban J connectivity index is 2.61. The Bertz CT molecular complexity index is 764. The van der Waals surface area contributed by atoms with Crippen molar-refractivity contribution < 1.29 is 14.1 Å². The number of benzene rings is 2. The zero-order valence-electron chi connectivity index (χ0n) is 11.5. The lowest BCUT2D eigenvalue weighted by molar-refractivity contribution is -0.385. The van der Waals surface area contributed by atoms with Gasteiger partial charge in [0.1, 0.15) is 5.82 Å². The highest BCUT2D eigenvalue weighted by Gasteiger charge is 2.23. The number of primary amides is 1. The topological polar surface area (TPSA) is 86.2 Å². The van der Waals surface area contributed by atoms with Crippen LogP contribution in [0.4, 0.5) is 10.1 Å². The minimum atomic E-state index is -0.770. The zero-order chi connectivity index (χ0) is 16.4. The molecule has 0 aromatic heterocycles. The minimum Gasteiger partial charge on any atom is -0.366 e. The predicted molar refractivity (Wildman–Crippen MR) is 83.2 cm³/mol. The van der Waals surface area contributed by atoms with Crippen molar-refractivity contribution in [2.24, 2.45) is 5.73 Å². The lowest BCUT2D eigenvalue weighted by Gasteiger charge is -2.16. The molecule has 2 aromatic rings. The monoisotopic (exact) mass is 366 g/mol. The third kappa shape index (κ3) is 3.14. The SMILES string of the molecule is C[C@H](c1cccc(F)c1)c1cc(Br)c([N+](=O)[O-])cc1C(N)=O. The van der Waals surface area contributed by atoms with Gasteiger partial charge in [-0.05, 0) is 45.3 Å². The first-order chi connectivity index (χ1) is 10.3. The third-order valence-corrected chi connectivity index (χ3v) is 4.03. The Morgan fingerprint density at radius 2 is 2.05 bits per heavy atom. The summed E-state index contributed by atoms with van der Waals surface area (Å²) in [4.78, 5) is 22.0. The van der Waals surface area contributed by atoms with E-state index < -0.39 is 16.6 Å². The van der Waals surface area contributed by atoms with Crippen molar-refractivity contribution in [3.8, 4) is 0 Å². The quantitative estimate of drug-likeness (QED) is 0.660. The second-order valence-corrected chi connectivity index (χ2v) is 5.64. The van der Waals surface area contributed by atoms with Gasteiger partial charge in [-0.1, -0.05) is 19.1 Å². The zero-order valence-corrected chi connectivity index (χ0v) is 13.1. The van der Waals surface area contributed by atoms with Crippen LogP contribution in [0.2, 0.25) is 0 Å². The highest BCUT2D eigenvalue weighted by Crippen LogP contribution is 2.34. The summed E-state index contributed by atoms with van der Waals surface area (Å²) in [5.74, 6) is -1.52. The first-order valence-electron chi connectivity index (χ1n) is 6.34. The maximum absolute atomic E-state index is 13.4. The summed E-state index contributed by atoms with van der Waals surface area (Å²) in [6.45, 7) is 1.77. The van der Waals surface area contributed by atoms with Gasteiger partial charge in [0.05, 0.1) is 9.40 Å². The Morgan fingerprint density at radius 1 is 1.36 bits per heavy atom. The van der Waals surface area contributed by atoms with Crippen LogP contribution >= 0.6 is 15.9 Å². The van der Waals surface area contributed by atoms with E-state index in [1.165, 1.54) is 18.2 Å². The van der Waals surface area contributed by atoms with Crippen LogP contribution in [0.1, 0.15) is 34.3 Å². The van der Waals surface area contributed by atoms with Crippen LogP contribution in [0.25, 0.3) is 0 Å². The van der Waals surface area contributed by atoms with Gasteiger partial charge in [0, 0.05) is 17.5 Å². The van der Waals surface area contributed by atoms with Crippen LogP contribution in [-0.4, -0.2) is 10.8 Å². The van der Waals surface area contributed by atoms with Crippen molar-refractivity contribution in [2.45, 2.75) is 12.8 Å². The van der Waals surface area contributed by atoms with Crippen molar-refractivity contribution in [3.63, 3.8) is 0 Å². The molecular formula is C15H12BrFN2O3. The normalized spacial score (nSPS) is 12.0. The maximum Gasteiger partial charge on any atom is 0.284 e. The molecule has 0 bridgehead atoms. The number of hydrogen-bond donors (Lipinski definition) is 1. The Hall–Kier alpha value is -2.28. The van der Waals surface area contributed by atoms with Gasteiger partial charge in [0.25, 0.3) is 5.69 Å². The van der Waals surface area contributed by atoms with E-state index in [2.05, 4.69) is 15.9 Å². The highest BCUT2D eigenvalue weighted by atomic mass is 79.9. The van der Waals surface area contributed by atoms with Gasteiger partial charge in [-0.25, -0.2) is 4.39 Å². The van der Waals surface area contributed by atoms with E-state index in [0.717, 1.165) is 6.07 Å². The smallest absolute Gasteiger partial charge is 0.284 e. The van der Waals surface area contributed by atoms with Crippen molar-refractivity contribution in [3.05, 3.63) is 73.5 Å². The van der Waals surface area contributed by atoms with Crippen molar-refractivity contribution >= 4 is 27.5 Å². The van der Waals surface area contributed by atoms with E-state index in [0.29, 0.717) is 11.1 Å². The summed E-state index contributed by atoms with van der Waals surface area (Å²) in [5, 5.41) is 11.0. The molecule has 0 aliphatic rings. The molecule has 114 valence electrons. The van der Waals surface area contributed by atoms with Gasteiger partial charge in [-0.2, -0.15) is 0 Å². The molecule has 2 rings (SSSR count). The van der Waals surface area contributed by atoms with E-state index in [-0.39, 0.29) is 21.6 Å². The molecule has 0 heterocycles. The lowest BCUT2D eigenvalue weighted by atomic mass is 9.89. The van der Waals surface area contributed by atoms with Crippen molar-refractivity contribution in [1.29, 1.82) is 0 Å². The van der Waals surface area contributed by atoms with Crippen LogP contribution in [-0.2, 0) is 0 Å². The molecule has 1 atom stereocenters. The number of hydrogen-bond acceptors (Lipinski definition) is 3. The number of carbonyl (C=O) groups excluding carboxylic acids is 1. The van der Waals surface area contributed by atoms with Gasteiger partial charge >= 0.3 is 0 Å². The molecule has 5 nitrogen and oxygen atoms in total. The van der Waals surface area contributed by atoms with E-state index in [9.17, 15) is 19.3 Å². The van der Waals surface area contributed by atoms with E-state index >= 15 is 0 Å². The van der Waals surface area contributed by atoms with Crippen LogP contribution in [0.5, 0.6) is 0 Å². The Labute approximate surface area is 134 Å². The maximum atomic E-state index is 13.4. The second-order valence-electron chi connectivity index (χ2n) is 4.79. The van der Waals surface area contributed by atoms with Crippen LogP contribution < -0.4 is 5.73 Å². The summed E-state index contributed by atoms with van der Waals surface area (Å²) in [7, 11) is 0. The Morgan fingerprint density at radius 3 is 2.59 bits per heavy atom. The number of nitrogens with two attached hydrogens (primary N) is 1. The van der Waals surface area contributed by atoms with Gasteiger partial charge < -0.3 is 5.73 Å². The van der Waals surface area contributed by atoms with Gasteiger partial charge in [-0.3, -0.25) is 14.9 Å². The summed E-state index contributed by atoms with van der Waals surface area (Å²) in [6.07, 6.45) is 0. The second kappa shape index (κ2) is 6.23. The fourth-order valence-corrected chi connectivity index (χ4v) is 2.75. The molecule has 2 aromatic carbocycles. The molecule has 7 heteroatoms. The van der Waals surface area contributed by atoms with Crippen LogP contribution in [0, 0.1) is 15.9 Å². The molecule has 0 fully saturated rings. The number of nitro benzene ring substituents is 1. The molecule has 0 saturated heterocycles. The molecular weight excluding hydrogens is 355 g/mol. The van der Waals surface area contributed by atoms with Crippen LogP contribution in [0.15, 0.2) is 40.9 Å². The molecule has 22 heavy (non-hydrogen) atoms. The fourth-order valence-electron chi connectivity index (χ4n) is 2.24. The standard InChI is InChI=1S/C15H12BrFN2O3/c1-8(9-3-2-4-10(17)5-9)11-6-13(16)14(19(21)22)7-12(11)15(18)20/h2-8H,1H3,(H2,18,20)/t8-/m1/s1. The number of nitro groups is 1. The van der Waals surface area contributed by atoms with Gasteiger partial charge in [0.15, 0.2) is 0 Å². The first kappa shape index (κ1) is 16.1. The average Bonchev–Trinajstić information content (AvgIpc) is 2.45. The largest absolute Gasteiger partial charge is 0.366 e. The van der Waals surface area contributed by atoms with Crippen molar-refractivity contribution in [1.82, 2.24) is 0 Å². The summed E-state index contributed by atoms with van der Waals surface area (Å²) < 4.78 is 13.6. The van der Waals surface area contributed by atoms with Gasteiger partial charge in [0.2, 0.25) is 5.91 Å². The van der Waals surface area contributed by atoms with Crippen molar-refractivity contribution in [2.75, 3.05) is 0 Å². The number of carbonyl (C=O) groups is 1. The molecule has 0 unspecified atom stereocenters. The Kier molecular flexibility index (Phi) is 4.56. The van der Waals surface area contributed by atoms with E-state index in [4.69, 9.17) is 5.73 Å². The summed E-state index contributed by atoms with van der Waals surface area (Å²) in [6, 6.07) is 8.56. The summed E-state index contributed by atoms with van der Waals surface area (Å²) >= 11 is 3.12. The third-order valence-electron chi connectivity index (χ3n) is 3.40. The lowest BCUT2D eigenvalue weighted by Crippen LogP contribution is -2.16. The number of rotatable bonds is 4. The molecule has 0 aliphatic carbocycles. The van der Waals surface area contributed by atoms with Crippen LogP contribution in [0.3, 0.4) is 0 Å². The van der Waals surface area contributed by atoms with E-state index in [1.807, 2.05) is 0 Å². The summed E-state index contributed by atoms with van der Waals surface area (Å²) in [5.41, 5.74) is 6.27. The minimum absolute atomic E-state index is 0.0478. The molecule has 0 spiro atoms. The number of nitrogens with zero attached hydrogens (tertiary/aromatic N) is 1. The van der Waals surface area contributed by atoms with Gasteiger partial charge in [-0.15, -0.1) is 0 Å². The molecule has 1 amide bonds. The predicted octanol–water partition coefficient (Wildman–Crippen LogP) is 3.75. The average molecular weight is 367 g/mol. The molecule has 0 aliphatic heterocycles. The fraction of sp³-hybridized carbons (Fsp3) is 0.133. The number of halogens is 2. The molecule has 0 saturated carbocycles. The number of amides is 1. The van der Waals surface area contributed by atoms with E-state index in [1.54, 1.807) is 19.1 Å². The molecule has 2 N–H and O–H groups in total. The molecule has 0 radical (unpaired) electrons. The highest BCUT2D eigenvalue weighted by molar-refractivity contribution is 9.10. The first-order valence-corrected chi connectivity index (χ1v) is 7.13.